The normalized spacial score (nSPS) is 12.0. The van der Waals surface area contributed by atoms with Crippen molar-refractivity contribution in [3.05, 3.63) is 29.3 Å². The van der Waals surface area contributed by atoms with E-state index in [0.717, 1.165) is 47.7 Å². The zero-order valence-corrected chi connectivity index (χ0v) is 14.5. The Bertz CT molecular complexity index is 448. The number of carbonyl (C=O) groups excluding carboxylic acids is 1. The van der Waals surface area contributed by atoms with Crippen molar-refractivity contribution in [2.75, 3.05) is 23.4 Å². The molecule has 0 heterocycles. The molecule has 0 aromatic heterocycles. The first-order valence-electron chi connectivity index (χ1n) is 7.81. The molecule has 1 aromatic carbocycles. The lowest BCUT2D eigenvalue weighted by Gasteiger charge is -2.15. The van der Waals surface area contributed by atoms with Crippen LogP contribution >= 0.6 is 11.8 Å². The standard InChI is InChI=1S/C17H28N2OS/c1-5-10-18-16-8-7-15(12-13(16)3)17(20)19-14(4)9-11-21-6-2/h7-8,12,14,18H,5-6,9-11H2,1-4H3,(H,19,20). The number of benzene rings is 1. The minimum Gasteiger partial charge on any atom is -0.385 e. The van der Waals surface area contributed by atoms with Crippen molar-refractivity contribution >= 4 is 23.4 Å². The van der Waals surface area contributed by atoms with Crippen molar-refractivity contribution in [3.63, 3.8) is 0 Å². The number of hydrogen-bond acceptors (Lipinski definition) is 3. The summed E-state index contributed by atoms with van der Waals surface area (Å²) in [6.45, 7) is 9.36. The maximum atomic E-state index is 12.2. The molecule has 0 aliphatic carbocycles. The van der Waals surface area contributed by atoms with E-state index in [4.69, 9.17) is 0 Å². The molecule has 0 spiro atoms. The zero-order chi connectivity index (χ0) is 15.7. The Balaban J connectivity index is 2.56. The van der Waals surface area contributed by atoms with Gasteiger partial charge in [-0.1, -0.05) is 13.8 Å². The highest BCUT2D eigenvalue weighted by atomic mass is 32.2. The molecule has 0 fully saturated rings. The second-order valence-electron chi connectivity index (χ2n) is 5.32. The molecule has 3 nitrogen and oxygen atoms in total. The minimum absolute atomic E-state index is 0.0224. The molecule has 1 unspecified atom stereocenters. The number of amides is 1. The molecule has 0 aliphatic rings. The lowest BCUT2D eigenvalue weighted by molar-refractivity contribution is 0.0939. The minimum atomic E-state index is 0.0224. The maximum Gasteiger partial charge on any atom is 0.251 e. The van der Waals surface area contributed by atoms with Gasteiger partial charge in [-0.05, 0) is 62.0 Å². The van der Waals surface area contributed by atoms with Gasteiger partial charge >= 0.3 is 0 Å². The third-order valence-electron chi connectivity index (χ3n) is 3.33. The molecule has 21 heavy (non-hydrogen) atoms. The summed E-state index contributed by atoms with van der Waals surface area (Å²) in [4.78, 5) is 12.2. The predicted molar refractivity (Wildman–Crippen MR) is 94.5 cm³/mol. The van der Waals surface area contributed by atoms with Crippen LogP contribution in [0.25, 0.3) is 0 Å². The van der Waals surface area contributed by atoms with Crippen LogP contribution in [0.15, 0.2) is 18.2 Å². The van der Waals surface area contributed by atoms with Crippen LogP contribution in [-0.2, 0) is 0 Å². The molecule has 1 amide bonds. The zero-order valence-electron chi connectivity index (χ0n) is 13.7. The van der Waals surface area contributed by atoms with E-state index < -0.39 is 0 Å². The molecular weight excluding hydrogens is 280 g/mol. The van der Waals surface area contributed by atoms with Crippen LogP contribution in [0.5, 0.6) is 0 Å². The average molecular weight is 308 g/mol. The molecule has 4 heteroatoms. The highest BCUT2D eigenvalue weighted by molar-refractivity contribution is 7.99. The number of thioether (sulfide) groups is 1. The van der Waals surface area contributed by atoms with E-state index in [0.29, 0.717) is 0 Å². The first kappa shape index (κ1) is 17.9. The van der Waals surface area contributed by atoms with E-state index in [1.165, 1.54) is 0 Å². The average Bonchev–Trinajstić information content (AvgIpc) is 2.46. The van der Waals surface area contributed by atoms with E-state index in [9.17, 15) is 4.79 Å². The molecule has 1 rings (SSSR count). The molecule has 0 bridgehead atoms. The lowest BCUT2D eigenvalue weighted by Crippen LogP contribution is -2.33. The monoisotopic (exact) mass is 308 g/mol. The van der Waals surface area contributed by atoms with Gasteiger partial charge in [-0.3, -0.25) is 4.79 Å². The fourth-order valence-corrected chi connectivity index (χ4v) is 2.86. The van der Waals surface area contributed by atoms with Gasteiger partial charge in [0, 0.05) is 23.8 Å². The molecule has 1 atom stereocenters. The van der Waals surface area contributed by atoms with Gasteiger partial charge in [0.15, 0.2) is 0 Å². The van der Waals surface area contributed by atoms with Crippen molar-refractivity contribution in [2.24, 2.45) is 0 Å². The summed E-state index contributed by atoms with van der Waals surface area (Å²) in [6, 6.07) is 6.07. The number of nitrogens with one attached hydrogen (secondary N) is 2. The summed E-state index contributed by atoms with van der Waals surface area (Å²) in [7, 11) is 0. The third kappa shape index (κ3) is 6.42. The summed E-state index contributed by atoms with van der Waals surface area (Å²) in [5.74, 6) is 2.25. The molecule has 118 valence electrons. The summed E-state index contributed by atoms with van der Waals surface area (Å²) in [5.41, 5.74) is 2.97. The molecule has 0 saturated heterocycles. The van der Waals surface area contributed by atoms with Crippen molar-refractivity contribution in [3.8, 4) is 0 Å². The van der Waals surface area contributed by atoms with E-state index in [-0.39, 0.29) is 11.9 Å². The Hall–Kier alpha value is -1.16. The van der Waals surface area contributed by atoms with Crippen molar-refractivity contribution < 1.29 is 4.79 Å². The van der Waals surface area contributed by atoms with Crippen molar-refractivity contribution in [1.29, 1.82) is 0 Å². The van der Waals surface area contributed by atoms with Gasteiger partial charge in [0.2, 0.25) is 0 Å². The molecular formula is C17H28N2OS. The van der Waals surface area contributed by atoms with E-state index in [1.54, 1.807) is 0 Å². The quantitative estimate of drug-likeness (QED) is 0.675. The van der Waals surface area contributed by atoms with Gasteiger partial charge in [-0.25, -0.2) is 0 Å². The summed E-state index contributed by atoms with van der Waals surface area (Å²) in [6.07, 6.45) is 2.11. The Labute approximate surface area is 133 Å². The van der Waals surface area contributed by atoms with Gasteiger partial charge in [0.1, 0.15) is 0 Å². The summed E-state index contributed by atoms with van der Waals surface area (Å²) < 4.78 is 0. The summed E-state index contributed by atoms with van der Waals surface area (Å²) in [5, 5.41) is 6.44. The molecule has 0 saturated carbocycles. The summed E-state index contributed by atoms with van der Waals surface area (Å²) >= 11 is 1.91. The number of carbonyl (C=O) groups is 1. The first-order chi connectivity index (χ1) is 10.1. The van der Waals surface area contributed by atoms with E-state index >= 15 is 0 Å². The van der Waals surface area contributed by atoms with Crippen LogP contribution in [0.3, 0.4) is 0 Å². The highest BCUT2D eigenvalue weighted by Gasteiger charge is 2.10. The molecule has 2 N–H and O–H groups in total. The predicted octanol–water partition coefficient (Wildman–Crippen LogP) is 4.08. The number of aryl methyl sites for hydroxylation is 1. The van der Waals surface area contributed by atoms with Gasteiger partial charge in [-0.2, -0.15) is 11.8 Å². The van der Waals surface area contributed by atoms with Gasteiger partial charge < -0.3 is 10.6 Å². The van der Waals surface area contributed by atoms with E-state index in [1.807, 2.05) is 36.9 Å². The fourth-order valence-electron chi connectivity index (χ4n) is 2.05. The Morgan fingerprint density at radius 2 is 2.10 bits per heavy atom. The number of rotatable bonds is 9. The second kappa shape index (κ2) is 9.72. The highest BCUT2D eigenvalue weighted by Crippen LogP contribution is 2.16. The first-order valence-corrected chi connectivity index (χ1v) is 8.97. The fraction of sp³-hybridized carbons (Fsp3) is 0.588. The molecule has 1 aromatic rings. The smallest absolute Gasteiger partial charge is 0.251 e. The maximum absolute atomic E-state index is 12.2. The lowest BCUT2D eigenvalue weighted by atomic mass is 10.1. The largest absolute Gasteiger partial charge is 0.385 e. The van der Waals surface area contributed by atoms with Crippen molar-refractivity contribution in [2.45, 2.75) is 46.6 Å². The van der Waals surface area contributed by atoms with Crippen LogP contribution in [0.4, 0.5) is 5.69 Å². The van der Waals surface area contributed by atoms with Crippen LogP contribution in [0.2, 0.25) is 0 Å². The SMILES string of the molecule is CCCNc1ccc(C(=O)NC(C)CCSCC)cc1C. The van der Waals surface area contributed by atoms with Crippen LogP contribution in [-0.4, -0.2) is 30.0 Å². The molecule has 0 radical (unpaired) electrons. The third-order valence-corrected chi connectivity index (χ3v) is 4.26. The Morgan fingerprint density at radius 3 is 2.71 bits per heavy atom. The number of anilines is 1. The molecule has 0 aliphatic heterocycles. The second-order valence-corrected chi connectivity index (χ2v) is 6.71. The van der Waals surface area contributed by atoms with E-state index in [2.05, 4.69) is 31.4 Å². The van der Waals surface area contributed by atoms with Crippen LogP contribution in [0.1, 0.15) is 49.5 Å². The van der Waals surface area contributed by atoms with Gasteiger partial charge in [0.25, 0.3) is 5.91 Å². The Kier molecular flexibility index (Phi) is 8.28. The van der Waals surface area contributed by atoms with Crippen molar-refractivity contribution in [1.82, 2.24) is 5.32 Å². The van der Waals surface area contributed by atoms with Gasteiger partial charge in [-0.15, -0.1) is 0 Å². The van der Waals surface area contributed by atoms with Crippen LogP contribution < -0.4 is 10.6 Å². The van der Waals surface area contributed by atoms with Gasteiger partial charge in [0.05, 0.1) is 0 Å². The topological polar surface area (TPSA) is 41.1 Å². The number of hydrogen-bond donors (Lipinski definition) is 2. The van der Waals surface area contributed by atoms with Crippen LogP contribution in [0, 0.1) is 6.92 Å². The Morgan fingerprint density at radius 1 is 1.33 bits per heavy atom.